The van der Waals surface area contributed by atoms with Crippen LogP contribution in [0.3, 0.4) is 0 Å². The van der Waals surface area contributed by atoms with E-state index in [9.17, 15) is 9.90 Å². The Morgan fingerprint density at radius 1 is 1.03 bits per heavy atom. The second-order valence-corrected chi connectivity index (χ2v) is 10.5. The van der Waals surface area contributed by atoms with E-state index >= 15 is 0 Å². The monoisotopic (exact) mass is 431 g/mol. The highest BCUT2D eigenvalue weighted by Crippen LogP contribution is 2.49. The molecule has 5 rings (SSSR count). The molecule has 1 N–H and O–H groups in total. The molecule has 3 heterocycles. The first-order valence-corrected chi connectivity index (χ1v) is 11.3. The Labute approximate surface area is 189 Å². The van der Waals surface area contributed by atoms with Gasteiger partial charge in [-0.2, -0.15) is 4.57 Å². The molecule has 0 fully saturated rings. The van der Waals surface area contributed by atoms with Crippen LogP contribution in [-0.4, -0.2) is 24.2 Å². The Morgan fingerprint density at radius 2 is 1.66 bits per heavy atom. The van der Waals surface area contributed by atoms with Gasteiger partial charge in [-0.1, -0.05) is 27.7 Å². The van der Waals surface area contributed by atoms with Gasteiger partial charge in [0, 0.05) is 30.9 Å². The van der Waals surface area contributed by atoms with E-state index in [1.165, 1.54) is 22.4 Å². The van der Waals surface area contributed by atoms with E-state index in [2.05, 4.69) is 50.8 Å². The lowest BCUT2D eigenvalue weighted by atomic mass is 9.69. The van der Waals surface area contributed by atoms with E-state index < -0.39 is 5.97 Å². The van der Waals surface area contributed by atoms with Gasteiger partial charge in [0.15, 0.2) is 0 Å². The van der Waals surface area contributed by atoms with Crippen LogP contribution in [0.5, 0.6) is 0 Å². The third kappa shape index (κ3) is 3.22. The van der Waals surface area contributed by atoms with Crippen LogP contribution >= 0.6 is 0 Å². The second-order valence-electron chi connectivity index (χ2n) is 10.5. The molecule has 0 radical (unpaired) electrons. The standard InChI is InChI=1S/C27H30N2O3/c1-26(2)10-12-29-13-11-27(3,4)20-15-17(14-19(26)24(20)29)6-9-23-28(5)21-8-7-18(25(30)31)16-22(21)32-23/h6-9,14-16H,10-13H2,1-5H3/p+1. The predicted molar refractivity (Wildman–Crippen MR) is 127 cm³/mol. The Kier molecular flexibility index (Phi) is 4.52. The zero-order valence-electron chi connectivity index (χ0n) is 19.5. The quantitative estimate of drug-likeness (QED) is 0.572. The number of rotatable bonds is 3. The molecule has 32 heavy (non-hydrogen) atoms. The number of carbonyl (C=O) groups is 1. The summed E-state index contributed by atoms with van der Waals surface area (Å²) in [4.78, 5) is 13.9. The summed E-state index contributed by atoms with van der Waals surface area (Å²) in [5.41, 5.74) is 7.47. The average Bonchev–Trinajstić information content (AvgIpc) is 3.06. The van der Waals surface area contributed by atoms with Gasteiger partial charge in [-0.25, -0.2) is 4.79 Å². The van der Waals surface area contributed by atoms with E-state index in [-0.39, 0.29) is 16.4 Å². The molecule has 0 saturated carbocycles. The van der Waals surface area contributed by atoms with Crippen molar-refractivity contribution in [3.8, 4) is 0 Å². The van der Waals surface area contributed by atoms with Gasteiger partial charge in [-0.3, -0.25) is 0 Å². The molecule has 2 aromatic carbocycles. The fourth-order valence-electron chi connectivity index (χ4n) is 5.18. The summed E-state index contributed by atoms with van der Waals surface area (Å²) in [5.74, 6) is -0.264. The molecular weight excluding hydrogens is 400 g/mol. The fourth-order valence-corrected chi connectivity index (χ4v) is 5.18. The van der Waals surface area contributed by atoms with Crippen LogP contribution in [0.1, 0.15) is 73.5 Å². The maximum absolute atomic E-state index is 11.3. The van der Waals surface area contributed by atoms with Gasteiger partial charge < -0.3 is 14.4 Å². The highest BCUT2D eigenvalue weighted by atomic mass is 16.4. The lowest BCUT2D eigenvalue weighted by molar-refractivity contribution is -0.651. The molecule has 166 valence electrons. The summed E-state index contributed by atoms with van der Waals surface area (Å²) in [6.45, 7) is 11.7. The number of carboxylic acid groups (broad SMARTS) is 1. The molecule has 0 amide bonds. The Hall–Kier alpha value is -3.08. The normalized spacial score (nSPS) is 18.8. The van der Waals surface area contributed by atoms with Gasteiger partial charge in [-0.05, 0) is 64.6 Å². The van der Waals surface area contributed by atoms with Crippen molar-refractivity contribution in [2.24, 2.45) is 7.05 Å². The van der Waals surface area contributed by atoms with Gasteiger partial charge >= 0.3 is 11.9 Å². The summed E-state index contributed by atoms with van der Waals surface area (Å²) >= 11 is 0. The largest absolute Gasteiger partial charge is 0.478 e. The molecule has 0 atom stereocenters. The minimum Gasteiger partial charge on any atom is -0.478 e. The second kappa shape index (κ2) is 6.96. The SMILES string of the molecule is C[n+]1c(/C=C/c2cc3c4c(c2)C(C)(C)CCN4CCC3(C)C)oc2cc(C(=O)O)ccc21. The molecule has 2 aliphatic heterocycles. The molecule has 5 nitrogen and oxygen atoms in total. The van der Waals surface area contributed by atoms with Crippen molar-refractivity contribution in [3.05, 3.63) is 58.5 Å². The van der Waals surface area contributed by atoms with Crippen molar-refractivity contribution in [3.63, 3.8) is 0 Å². The van der Waals surface area contributed by atoms with Crippen LogP contribution in [-0.2, 0) is 17.9 Å². The van der Waals surface area contributed by atoms with Crippen LogP contribution < -0.4 is 9.47 Å². The first-order valence-electron chi connectivity index (χ1n) is 11.3. The van der Waals surface area contributed by atoms with Crippen molar-refractivity contribution >= 4 is 34.9 Å². The topological polar surface area (TPSA) is 57.6 Å². The summed E-state index contributed by atoms with van der Waals surface area (Å²) in [6, 6.07) is 9.67. The fraction of sp³-hybridized carbons (Fsp3) is 0.407. The maximum Gasteiger partial charge on any atom is 0.373 e. The molecule has 2 aliphatic rings. The van der Waals surface area contributed by atoms with Crippen molar-refractivity contribution < 1.29 is 18.9 Å². The van der Waals surface area contributed by atoms with Crippen molar-refractivity contribution in [2.45, 2.75) is 51.4 Å². The first kappa shape index (κ1) is 20.8. The third-order valence-electron chi connectivity index (χ3n) is 7.45. The average molecular weight is 432 g/mol. The Morgan fingerprint density at radius 3 is 2.25 bits per heavy atom. The van der Waals surface area contributed by atoms with Crippen LogP contribution in [0, 0.1) is 0 Å². The number of aromatic nitrogens is 1. The number of hydrogen-bond acceptors (Lipinski definition) is 3. The Bertz CT molecular complexity index is 1240. The van der Waals surface area contributed by atoms with Gasteiger partial charge in [-0.15, -0.1) is 0 Å². The minimum absolute atomic E-state index is 0.148. The van der Waals surface area contributed by atoms with Crippen molar-refractivity contribution in [1.82, 2.24) is 0 Å². The van der Waals surface area contributed by atoms with Gasteiger partial charge in [0.2, 0.25) is 5.58 Å². The minimum atomic E-state index is -0.953. The lowest BCUT2D eigenvalue weighted by Crippen LogP contribution is -2.44. The number of carboxylic acids is 1. The van der Waals surface area contributed by atoms with Gasteiger partial charge in [0.05, 0.1) is 11.6 Å². The summed E-state index contributed by atoms with van der Waals surface area (Å²) < 4.78 is 7.95. The molecule has 3 aromatic rings. The van der Waals surface area contributed by atoms with E-state index in [0.29, 0.717) is 11.5 Å². The molecule has 5 heteroatoms. The van der Waals surface area contributed by atoms with Gasteiger partial charge in [0.1, 0.15) is 7.05 Å². The Balaban J connectivity index is 1.60. The van der Waals surface area contributed by atoms with Crippen molar-refractivity contribution in [1.29, 1.82) is 0 Å². The summed E-state index contributed by atoms with van der Waals surface area (Å²) in [6.07, 6.45) is 6.43. The van der Waals surface area contributed by atoms with E-state index in [4.69, 9.17) is 4.42 Å². The smallest absolute Gasteiger partial charge is 0.373 e. The molecule has 0 spiro atoms. The molecule has 0 aliphatic carbocycles. The number of oxazole rings is 1. The zero-order chi connectivity index (χ0) is 22.8. The highest BCUT2D eigenvalue weighted by molar-refractivity contribution is 5.91. The molecule has 0 unspecified atom stereocenters. The number of hydrogen-bond donors (Lipinski definition) is 1. The van der Waals surface area contributed by atoms with Crippen LogP contribution in [0.2, 0.25) is 0 Å². The van der Waals surface area contributed by atoms with Crippen LogP contribution in [0.25, 0.3) is 23.3 Å². The molecular formula is C27H31N2O3+. The molecule has 1 aromatic heterocycles. The molecule has 0 saturated heterocycles. The summed E-state index contributed by atoms with van der Waals surface area (Å²) in [5, 5.41) is 9.26. The van der Waals surface area contributed by atoms with E-state index in [1.54, 1.807) is 18.2 Å². The first-order chi connectivity index (χ1) is 15.1. The predicted octanol–water partition coefficient (Wildman–Crippen LogP) is 5.29. The number of anilines is 1. The van der Waals surface area contributed by atoms with E-state index in [0.717, 1.165) is 31.4 Å². The number of nitrogens with zero attached hydrogens (tertiary/aromatic N) is 2. The number of fused-ring (bicyclic) bond motifs is 1. The van der Waals surface area contributed by atoms with Gasteiger partial charge in [0.25, 0.3) is 5.52 Å². The molecule has 0 bridgehead atoms. The summed E-state index contributed by atoms with van der Waals surface area (Å²) in [7, 11) is 1.94. The van der Waals surface area contributed by atoms with Crippen LogP contribution in [0.15, 0.2) is 34.7 Å². The highest BCUT2D eigenvalue weighted by Gasteiger charge is 2.39. The number of benzene rings is 2. The van der Waals surface area contributed by atoms with E-state index in [1.807, 2.05) is 17.7 Å². The zero-order valence-corrected chi connectivity index (χ0v) is 19.5. The third-order valence-corrected chi connectivity index (χ3v) is 7.45. The van der Waals surface area contributed by atoms with Crippen molar-refractivity contribution in [2.75, 3.05) is 18.0 Å². The van der Waals surface area contributed by atoms with Crippen LogP contribution in [0.4, 0.5) is 5.69 Å². The number of aryl methyl sites for hydroxylation is 1. The number of aromatic carboxylic acids is 1. The maximum atomic E-state index is 11.3. The lowest BCUT2D eigenvalue weighted by Gasteiger charge is -2.48.